The summed E-state index contributed by atoms with van der Waals surface area (Å²) in [5.41, 5.74) is 3.80. The number of rotatable bonds is 5. The number of benzene rings is 1. The first-order chi connectivity index (χ1) is 8.36. The fourth-order valence-electron chi connectivity index (χ4n) is 1.81. The van der Waals surface area contributed by atoms with Crippen LogP contribution >= 0.6 is 0 Å². The predicted octanol–water partition coefficient (Wildman–Crippen LogP) is 1.92. The van der Waals surface area contributed by atoms with Crippen molar-refractivity contribution in [3.05, 3.63) is 34.9 Å². The van der Waals surface area contributed by atoms with E-state index >= 15 is 0 Å². The van der Waals surface area contributed by atoms with Gasteiger partial charge in [0.25, 0.3) is 0 Å². The minimum Gasteiger partial charge on any atom is -0.354 e. The third kappa shape index (κ3) is 3.84. The second kappa shape index (κ2) is 6.01. The Labute approximate surface area is 110 Å². The van der Waals surface area contributed by atoms with Gasteiger partial charge in [-0.2, -0.15) is 0 Å². The Balaban J connectivity index is 2.73. The molecule has 1 aromatic carbocycles. The Hall–Kier alpha value is -1.35. The highest BCUT2D eigenvalue weighted by Gasteiger charge is 2.21. The van der Waals surface area contributed by atoms with Gasteiger partial charge in [-0.05, 0) is 37.6 Å². The van der Waals surface area contributed by atoms with E-state index in [2.05, 4.69) is 56.5 Å². The molecule has 0 saturated heterocycles. The minimum atomic E-state index is -0.0537. The monoisotopic (exact) mass is 248 g/mol. The Bertz CT molecular complexity index is 425. The summed E-state index contributed by atoms with van der Waals surface area (Å²) in [4.78, 5) is 11.5. The molecule has 0 bridgehead atoms. The Kier molecular flexibility index (Phi) is 4.91. The summed E-state index contributed by atoms with van der Waals surface area (Å²) in [6.07, 6.45) is 0. The summed E-state index contributed by atoms with van der Waals surface area (Å²) in [6, 6.07) is 6.49. The van der Waals surface area contributed by atoms with Gasteiger partial charge in [-0.15, -0.1) is 0 Å². The zero-order chi connectivity index (χ0) is 13.8. The van der Waals surface area contributed by atoms with E-state index in [-0.39, 0.29) is 11.3 Å². The highest BCUT2D eigenvalue weighted by Crippen LogP contribution is 2.24. The Morgan fingerprint density at radius 3 is 2.44 bits per heavy atom. The van der Waals surface area contributed by atoms with Crippen molar-refractivity contribution in [2.75, 3.05) is 20.1 Å². The van der Waals surface area contributed by atoms with E-state index in [0.29, 0.717) is 13.1 Å². The molecule has 0 aliphatic heterocycles. The van der Waals surface area contributed by atoms with Crippen LogP contribution in [0.4, 0.5) is 0 Å². The smallest absolute Gasteiger partial charge is 0.233 e. The van der Waals surface area contributed by atoms with E-state index < -0.39 is 0 Å². The maximum absolute atomic E-state index is 11.5. The molecule has 0 aromatic heterocycles. The first kappa shape index (κ1) is 14.7. The highest BCUT2D eigenvalue weighted by molar-refractivity contribution is 5.78. The zero-order valence-electron chi connectivity index (χ0n) is 12.1. The SMILES string of the molecule is CNCC(=O)NCC(C)(C)c1ccc(C)c(C)c1. The van der Waals surface area contributed by atoms with Crippen molar-refractivity contribution in [1.29, 1.82) is 0 Å². The zero-order valence-corrected chi connectivity index (χ0v) is 12.1. The number of amides is 1. The van der Waals surface area contributed by atoms with Gasteiger partial charge in [0, 0.05) is 12.0 Å². The maximum Gasteiger partial charge on any atom is 0.233 e. The van der Waals surface area contributed by atoms with Crippen LogP contribution in [0.2, 0.25) is 0 Å². The van der Waals surface area contributed by atoms with Gasteiger partial charge in [-0.25, -0.2) is 0 Å². The van der Waals surface area contributed by atoms with E-state index in [4.69, 9.17) is 0 Å². The van der Waals surface area contributed by atoms with Crippen LogP contribution in [0.3, 0.4) is 0 Å². The molecule has 1 aromatic rings. The second-order valence-electron chi connectivity index (χ2n) is 5.49. The summed E-state index contributed by atoms with van der Waals surface area (Å²) in [5.74, 6) is 0.0365. The van der Waals surface area contributed by atoms with Gasteiger partial charge >= 0.3 is 0 Å². The van der Waals surface area contributed by atoms with Crippen LogP contribution in [0.1, 0.15) is 30.5 Å². The third-order valence-electron chi connectivity index (χ3n) is 3.35. The van der Waals surface area contributed by atoms with Crippen molar-refractivity contribution >= 4 is 5.91 Å². The molecule has 0 atom stereocenters. The highest BCUT2D eigenvalue weighted by atomic mass is 16.1. The molecule has 18 heavy (non-hydrogen) atoms. The third-order valence-corrected chi connectivity index (χ3v) is 3.35. The van der Waals surface area contributed by atoms with E-state index in [1.54, 1.807) is 7.05 Å². The topological polar surface area (TPSA) is 41.1 Å². The predicted molar refractivity (Wildman–Crippen MR) is 75.9 cm³/mol. The first-order valence-corrected chi connectivity index (χ1v) is 6.36. The summed E-state index contributed by atoms with van der Waals surface area (Å²) in [6.45, 7) is 9.54. The molecule has 0 radical (unpaired) electrons. The number of carbonyl (C=O) groups is 1. The molecule has 0 unspecified atom stereocenters. The summed E-state index contributed by atoms with van der Waals surface area (Å²) < 4.78 is 0. The molecular formula is C15H24N2O. The average Bonchev–Trinajstić information content (AvgIpc) is 2.30. The van der Waals surface area contributed by atoms with Crippen LogP contribution in [0.25, 0.3) is 0 Å². The van der Waals surface area contributed by atoms with Crippen LogP contribution < -0.4 is 10.6 Å². The molecule has 100 valence electrons. The number of carbonyl (C=O) groups excluding carboxylic acids is 1. The van der Waals surface area contributed by atoms with Crippen LogP contribution in [0, 0.1) is 13.8 Å². The number of hydrogen-bond acceptors (Lipinski definition) is 2. The van der Waals surface area contributed by atoms with Crippen LogP contribution in [-0.4, -0.2) is 26.0 Å². The van der Waals surface area contributed by atoms with Crippen LogP contribution in [0.15, 0.2) is 18.2 Å². The Morgan fingerprint density at radius 1 is 1.22 bits per heavy atom. The number of nitrogens with one attached hydrogen (secondary N) is 2. The molecule has 3 heteroatoms. The largest absolute Gasteiger partial charge is 0.354 e. The van der Waals surface area contributed by atoms with Gasteiger partial charge in [0.2, 0.25) is 5.91 Å². The quantitative estimate of drug-likeness (QED) is 0.836. The summed E-state index contributed by atoms with van der Waals surface area (Å²) >= 11 is 0. The average molecular weight is 248 g/mol. The molecular weight excluding hydrogens is 224 g/mol. The molecule has 2 N–H and O–H groups in total. The molecule has 0 aliphatic rings. The molecule has 0 fully saturated rings. The van der Waals surface area contributed by atoms with Crippen LogP contribution in [-0.2, 0) is 10.2 Å². The molecule has 0 spiro atoms. The lowest BCUT2D eigenvalue weighted by molar-refractivity contribution is -0.120. The van der Waals surface area contributed by atoms with E-state index in [1.165, 1.54) is 16.7 Å². The van der Waals surface area contributed by atoms with Crippen LogP contribution in [0.5, 0.6) is 0 Å². The normalized spacial score (nSPS) is 11.4. The maximum atomic E-state index is 11.5. The van der Waals surface area contributed by atoms with Crippen molar-refractivity contribution in [1.82, 2.24) is 10.6 Å². The minimum absolute atomic E-state index is 0.0365. The molecule has 3 nitrogen and oxygen atoms in total. The van der Waals surface area contributed by atoms with Gasteiger partial charge in [-0.1, -0.05) is 32.0 Å². The molecule has 0 heterocycles. The first-order valence-electron chi connectivity index (χ1n) is 6.36. The van der Waals surface area contributed by atoms with Crippen molar-refractivity contribution < 1.29 is 4.79 Å². The molecule has 1 rings (SSSR count). The van der Waals surface area contributed by atoms with Crippen molar-refractivity contribution in [3.63, 3.8) is 0 Å². The van der Waals surface area contributed by atoms with Gasteiger partial charge < -0.3 is 10.6 Å². The van der Waals surface area contributed by atoms with Gasteiger partial charge in [0.15, 0.2) is 0 Å². The molecule has 0 aliphatic carbocycles. The van der Waals surface area contributed by atoms with Gasteiger partial charge in [-0.3, -0.25) is 4.79 Å². The number of aryl methyl sites for hydroxylation is 2. The Morgan fingerprint density at radius 2 is 1.89 bits per heavy atom. The van der Waals surface area contributed by atoms with E-state index in [0.717, 1.165) is 0 Å². The van der Waals surface area contributed by atoms with Crippen molar-refractivity contribution in [3.8, 4) is 0 Å². The number of hydrogen-bond donors (Lipinski definition) is 2. The summed E-state index contributed by atoms with van der Waals surface area (Å²) in [5, 5.41) is 5.80. The summed E-state index contributed by atoms with van der Waals surface area (Å²) in [7, 11) is 1.77. The molecule has 1 amide bonds. The lowest BCUT2D eigenvalue weighted by Gasteiger charge is -2.26. The fraction of sp³-hybridized carbons (Fsp3) is 0.533. The lowest BCUT2D eigenvalue weighted by atomic mass is 9.83. The standard InChI is InChI=1S/C15H24N2O/c1-11-6-7-13(8-12(11)2)15(3,4)10-17-14(18)9-16-5/h6-8,16H,9-10H2,1-5H3,(H,17,18). The number of likely N-dealkylation sites (N-methyl/N-ethyl adjacent to an activating group) is 1. The second-order valence-corrected chi connectivity index (χ2v) is 5.49. The van der Waals surface area contributed by atoms with Crippen molar-refractivity contribution in [2.45, 2.75) is 33.1 Å². The van der Waals surface area contributed by atoms with Gasteiger partial charge in [0.05, 0.1) is 6.54 Å². The van der Waals surface area contributed by atoms with E-state index in [1.807, 2.05) is 0 Å². The van der Waals surface area contributed by atoms with E-state index in [9.17, 15) is 4.79 Å². The lowest BCUT2D eigenvalue weighted by Crippen LogP contribution is -2.40. The van der Waals surface area contributed by atoms with Crippen molar-refractivity contribution in [2.24, 2.45) is 0 Å². The van der Waals surface area contributed by atoms with Gasteiger partial charge in [0.1, 0.15) is 0 Å². The fourth-order valence-corrected chi connectivity index (χ4v) is 1.81. The molecule has 0 saturated carbocycles.